The van der Waals surface area contributed by atoms with Gasteiger partial charge in [-0.3, -0.25) is 9.59 Å². The lowest BCUT2D eigenvalue weighted by atomic mass is 9.85. The Morgan fingerprint density at radius 3 is 2.58 bits per heavy atom. The summed E-state index contributed by atoms with van der Waals surface area (Å²) in [5.41, 5.74) is 2.16. The van der Waals surface area contributed by atoms with Crippen molar-refractivity contribution in [2.75, 3.05) is 33.9 Å². The second-order valence-electron chi connectivity index (χ2n) is 8.56. The highest BCUT2D eigenvalue weighted by Crippen LogP contribution is 2.27. The summed E-state index contributed by atoms with van der Waals surface area (Å²) in [5.74, 6) is -0.229. The number of aromatic nitrogens is 2. The van der Waals surface area contributed by atoms with Gasteiger partial charge in [-0.2, -0.15) is 0 Å². The van der Waals surface area contributed by atoms with Gasteiger partial charge in [-0.25, -0.2) is 9.37 Å². The van der Waals surface area contributed by atoms with Crippen molar-refractivity contribution in [1.82, 2.24) is 19.2 Å². The molecule has 1 aliphatic heterocycles. The number of imidazole rings is 1. The van der Waals surface area contributed by atoms with E-state index in [1.54, 1.807) is 30.3 Å². The number of carbonyl (C=O) groups excluding carboxylic acids is 2. The molecule has 0 saturated carbocycles. The van der Waals surface area contributed by atoms with Crippen molar-refractivity contribution in [2.24, 2.45) is 5.92 Å². The van der Waals surface area contributed by atoms with E-state index in [0.29, 0.717) is 25.2 Å². The van der Waals surface area contributed by atoms with Gasteiger partial charge in [0.05, 0.1) is 0 Å². The van der Waals surface area contributed by atoms with Gasteiger partial charge in [-0.15, -0.1) is 0 Å². The van der Waals surface area contributed by atoms with Crippen LogP contribution in [0.5, 0.6) is 0 Å². The first kappa shape index (κ1) is 22.9. The minimum atomic E-state index is -0.280. The van der Waals surface area contributed by atoms with Crippen LogP contribution in [0.2, 0.25) is 0 Å². The van der Waals surface area contributed by atoms with Crippen molar-refractivity contribution in [1.29, 1.82) is 0 Å². The van der Waals surface area contributed by atoms with Crippen LogP contribution in [-0.4, -0.2) is 70.9 Å². The number of carbonyl (C=O) groups is 2. The number of amides is 2. The number of halogens is 1. The van der Waals surface area contributed by atoms with Gasteiger partial charge >= 0.3 is 0 Å². The number of ether oxygens (including phenoxy) is 1. The molecule has 0 aliphatic carbocycles. The summed E-state index contributed by atoms with van der Waals surface area (Å²) in [4.78, 5) is 33.6. The lowest BCUT2D eigenvalue weighted by molar-refractivity contribution is -0.137. The van der Waals surface area contributed by atoms with Crippen molar-refractivity contribution in [2.45, 2.75) is 25.3 Å². The van der Waals surface area contributed by atoms with Crippen LogP contribution < -0.4 is 0 Å². The Kier molecular flexibility index (Phi) is 7.03. The molecule has 4 rings (SSSR count). The Balaban J connectivity index is 1.45. The largest absolute Gasteiger partial charge is 0.375 e. The maximum atomic E-state index is 13.4. The summed E-state index contributed by atoms with van der Waals surface area (Å²) in [6, 6.07) is 12.0. The summed E-state index contributed by atoms with van der Waals surface area (Å²) < 4.78 is 20.3. The molecule has 0 spiro atoms. The fraction of sp³-hybridized carbons (Fsp3) is 0.400. The normalized spacial score (nSPS) is 15.5. The number of benzene rings is 1. The van der Waals surface area contributed by atoms with Crippen molar-refractivity contribution in [3.05, 3.63) is 71.9 Å². The molecule has 2 amide bonds. The number of likely N-dealkylation sites (N-methyl/N-ethyl adjacent to an activating group) is 1. The molecule has 1 atom stereocenters. The average Bonchev–Trinajstić information content (AvgIpc) is 3.27. The van der Waals surface area contributed by atoms with E-state index in [1.807, 2.05) is 33.7 Å². The van der Waals surface area contributed by atoms with Crippen LogP contribution in [0, 0.1) is 11.7 Å². The molecule has 3 heterocycles. The zero-order valence-electron chi connectivity index (χ0n) is 19.0. The number of likely N-dealkylation sites (tertiary alicyclic amines) is 1. The lowest BCUT2D eigenvalue weighted by Gasteiger charge is -2.40. The first-order chi connectivity index (χ1) is 16.0. The molecular formula is C25H29FN4O3. The van der Waals surface area contributed by atoms with Crippen LogP contribution in [0.3, 0.4) is 0 Å². The smallest absolute Gasteiger partial charge is 0.274 e. The van der Waals surface area contributed by atoms with Gasteiger partial charge in [-0.05, 0) is 55.0 Å². The Bertz CT molecular complexity index is 1070. The number of nitrogens with zero attached hydrogens (tertiary/aromatic N) is 4. The van der Waals surface area contributed by atoms with Crippen molar-refractivity contribution >= 4 is 17.5 Å². The number of pyridine rings is 1. The molecule has 1 aliphatic rings. The van der Waals surface area contributed by atoms with Crippen LogP contribution >= 0.6 is 0 Å². The molecule has 3 aromatic rings. The van der Waals surface area contributed by atoms with Gasteiger partial charge in [0.15, 0.2) is 0 Å². The zero-order chi connectivity index (χ0) is 23.4. The van der Waals surface area contributed by atoms with Gasteiger partial charge in [0, 0.05) is 45.7 Å². The molecule has 0 N–H and O–H groups in total. The molecule has 1 aromatic carbocycles. The second kappa shape index (κ2) is 10.1. The second-order valence-corrected chi connectivity index (χ2v) is 8.56. The van der Waals surface area contributed by atoms with Gasteiger partial charge in [0.2, 0.25) is 5.91 Å². The SMILES string of the molecule is COCC(=O)N(C)C(Cc1ccc(F)cc1)C1CCN(C(=O)c2cn3ccccc3n2)CC1. The predicted octanol–water partition coefficient (Wildman–Crippen LogP) is 3.04. The van der Waals surface area contributed by atoms with Crippen LogP contribution in [0.15, 0.2) is 54.9 Å². The summed E-state index contributed by atoms with van der Waals surface area (Å²) >= 11 is 0. The van der Waals surface area contributed by atoms with Crippen LogP contribution in [0.25, 0.3) is 5.65 Å². The molecule has 0 radical (unpaired) electrons. The van der Waals surface area contributed by atoms with E-state index < -0.39 is 0 Å². The Labute approximate surface area is 192 Å². The van der Waals surface area contributed by atoms with Gasteiger partial charge in [0.1, 0.15) is 23.8 Å². The molecule has 0 bridgehead atoms. The summed E-state index contributed by atoms with van der Waals surface area (Å²) in [7, 11) is 3.30. The first-order valence-corrected chi connectivity index (χ1v) is 11.2. The monoisotopic (exact) mass is 452 g/mol. The molecule has 1 fully saturated rings. The maximum absolute atomic E-state index is 13.4. The first-order valence-electron chi connectivity index (χ1n) is 11.2. The summed E-state index contributed by atoms with van der Waals surface area (Å²) in [6.07, 6.45) is 5.80. The average molecular weight is 453 g/mol. The minimum Gasteiger partial charge on any atom is -0.375 e. The van der Waals surface area contributed by atoms with E-state index in [1.165, 1.54) is 19.2 Å². The van der Waals surface area contributed by atoms with E-state index >= 15 is 0 Å². The number of hydrogen-bond acceptors (Lipinski definition) is 4. The molecule has 8 heteroatoms. The Hall–Kier alpha value is -3.26. The molecular weight excluding hydrogens is 423 g/mol. The van der Waals surface area contributed by atoms with Crippen LogP contribution in [0.1, 0.15) is 28.9 Å². The van der Waals surface area contributed by atoms with Gasteiger partial charge in [0.25, 0.3) is 5.91 Å². The highest BCUT2D eigenvalue weighted by atomic mass is 19.1. The summed E-state index contributed by atoms with van der Waals surface area (Å²) in [5, 5.41) is 0. The lowest BCUT2D eigenvalue weighted by Crippen LogP contribution is -2.49. The van der Waals surface area contributed by atoms with Crippen LogP contribution in [0.4, 0.5) is 4.39 Å². The fourth-order valence-corrected chi connectivity index (χ4v) is 4.58. The molecule has 2 aromatic heterocycles. The number of rotatable bonds is 7. The van der Waals surface area contributed by atoms with E-state index in [4.69, 9.17) is 4.74 Å². The highest BCUT2D eigenvalue weighted by molar-refractivity contribution is 5.93. The molecule has 33 heavy (non-hydrogen) atoms. The summed E-state index contributed by atoms with van der Waals surface area (Å²) in [6.45, 7) is 1.22. The third-order valence-electron chi connectivity index (χ3n) is 6.47. The van der Waals surface area contributed by atoms with Gasteiger partial charge in [-0.1, -0.05) is 18.2 Å². The molecule has 7 nitrogen and oxygen atoms in total. The standard InChI is InChI=1S/C25H29FN4O3/c1-28(24(31)17-33-2)22(15-18-6-8-20(26)9-7-18)19-10-13-29(14-11-19)25(32)21-16-30-12-4-3-5-23(30)27-21/h3-9,12,16,19,22H,10-11,13-15,17H2,1-2H3. The third-order valence-corrected chi connectivity index (χ3v) is 6.47. The topological polar surface area (TPSA) is 67.2 Å². The maximum Gasteiger partial charge on any atom is 0.274 e. The number of fused-ring (bicyclic) bond motifs is 1. The fourth-order valence-electron chi connectivity index (χ4n) is 4.58. The van der Waals surface area contributed by atoms with Crippen molar-refractivity contribution in [3.63, 3.8) is 0 Å². The number of piperidine rings is 1. The predicted molar refractivity (Wildman–Crippen MR) is 122 cm³/mol. The zero-order valence-corrected chi connectivity index (χ0v) is 19.0. The van der Waals surface area contributed by atoms with E-state index in [-0.39, 0.29) is 36.2 Å². The van der Waals surface area contributed by atoms with Gasteiger partial charge < -0.3 is 18.9 Å². The van der Waals surface area contributed by atoms with E-state index in [9.17, 15) is 14.0 Å². The van der Waals surface area contributed by atoms with Crippen molar-refractivity contribution in [3.8, 4) is 0 Å². The Morgan fingerprint density at radius 1 is 1.18 bits per heavy atom. The number of methoxy groups -OCH3 is 1. The third kappa shape index (κ3) is 5.22. The minimum absolute atomic E-state index is 0.0155. The van der Waals surface area contributed by atoms with Crippen molar-refractivity contribution < 1.29 is 18.7 Å². The van der Waals surface area contributed by atoms with E-state index in [0.717, 1.165) is 24.1 Å². The van der Waals surface area contributed by atoms with Crippen LogP contribution in [-0.2, 0) is 16.0 Å². The molecule has 1 saturated heterocycles. The quantitative estimate of drug-likeness (QED) is 0.553. The Morgan fingerprint density at radius 2 is 1.91 bits per heavy atom. The highest BCUT2D eigenvalue weighted by Gasteiger charge is 2.33. The number of hydrogen-bond donors (Lipinski definition) is 0. The van der Waals surface area contributed by atoms with E-state index in [2.05, 4.69) is 4.98 Å². The molecule has 1 unspecified atom stereocenters. The molecule has 174 valence electrons.